The molecule has 0 heterocycles. The fourth-order valence-corrected chi connectivity index (χ4v) is 10.7. The van der Waals surface area contributed by atoms with E-state index in [9.17, 15) is 84.2 Å². The van der Waals surface area contributed by atoms with Crippen molar-refractivity contribution in [3.8, 4) is 11.5 Å². The zero-order valence-electron chi connectivity index (χ0n) is 35.3. The van der Waals surface area contributed by atoms with E-state index < -0.39 is 111 Å². The summed E-state index contributed by atoms with van der Waals surface area (Å²) in [6.07, 6.45) is -8.62. The number of anilines is 1. The fraction of sp³-hybridized carbons (Fsp3) is 0.550. The Bertz CT molecular complexity index is 1940. The number of benzene rings is 2. The quantitative estimate of drug-likeness (QED) is 0.0264. The molecule has 0 aliphatic heterocycles. The van der Waals surface area contributed by atoms with Gasteiger partial charge in [0.15, 0.2) is 8.32 Å². The molecule has 0 saturated heterocycles. The number of carbonyl (C=O) groups excluding carboxylic acids is 2. The first kappa shape index (κ1) is 57.4. The molecule has 0 bridgehead atoms. The summed E-state index contributed by atoms with van der Waals surface area (Å²) in [7, 11) is -2.58. The topological polar surface area (TPSA) is 92.3 Å². The number of halogens is 17. The predicted molar refractivity (Wildman–Crippen MR) is 205 cm³/mol. The Kier molecular flexibility index (Phi) is 18.7. The SMILES string of the molecule is C=CCOC(=O)/C=C/C[C@H](OC(=O)Nc1ccc(OC)cc1)c1ccc(OCCO[Si](CCC(F)(F)C(F)(F)C(F)(F)C(F)(F)C(F)(F)C(F)(F)C(F)(F)C(F)(F)F)(C(C)C)C(C)C)cc1. The van der Waals surface area contributed by atoms with Crippen molar-refractivity contribution in [1.82, 2.24) is 0 Å². The minimum atomic E-state index is -8.70. The smallest absolute Gasteiger partial charge is 0.460 e. The van der Waals surface area contributed by atoms with Crippen LogP contribution in [-0.2, 0) is 18.7 Å². The summed E-state index contributed by atoms with van der Waals surface area (Å²) in [5.41, 5.74) is -1.10. The molecule has 26 heteroatoms. The highest BCUT2D eigenvalue weighted by Crippen LogP contribution is 2.64. The van der Waals surface area contributed by atoms with Crippen LogP contribution < -0.4 is 14.8 Å². The van der Waals surface area contributed by atoms with Gasteiger partial charge in [-0.3, -0.25) is 5.32 Å². The second-order valence-corrected chi connectivity index (χ2v) is 20.0. The van der Waals surface area contributed by atoms with E-state index in [1.54, 1.807) is 12.1 Å². The van der Waals surface area contributed by atoms with Crippen LogP contribution in [0.25, 0.3) is 0 Å². The molecule has 1 N–H and O–H groups in total. The molecule has 1 atom stereocenters. The van der Waals surface area contributed by atoms with Crippen LogP contribution in [0.15, 0.2) is 73.3 Å². The molecular weight excluding hydrogens is 957 g/mol. The average Bonchev–Trinajstić information content (AvgIpc) is 3.21. The summed E-state index contributed by atoms with van der Waals surface area (Å²) in [5.74, 6) is -57.0. The van der Waals surface area contributed by atoms with E-state index in [1.165, 1.54) is 83.4 Å². The number of ether oxygens (including phenoxy) is 4. The zero-order chi connectivity index (χ0) is 51.0. The molecule has 8 nitrogen and oxygen atoms in total. The van der Waals surface area contributed by atoms with Gasteiger partial charge < -0.3 is 23.4 Å². The van der Waals surface area contributed by atoms with Crippen molar-refractivity contribution in [3.05, 3.63) is 78.9 Å². The number of amides is 1. The lowest BCUT2D eigenvalue weighted by Crippen LogP contribution is -2.74. The summed E-state index contributed by atoms with van der Waals surface area (Å²) in [6.45, 7) is 7.60. The Morgan fingerprint density at radius 1 is 0.682 bits per heavy atom. The largest absolute Gasteiger partial charge is 0.497 e. The predicted octanol–water partition coefficient (Wildman–Crippen LogP) is 13.2. The summed E-state index contributed by atoms with van der Waals surface area (Å²) in [4.78, 5) is 24.7. The second kappa shape index (κ2) is 21.5. The van der Waals surface area contributed by atoms with Gasteiger partial charge in [0, 0.05) is 24.6 Å². The van der Waals surface area contributed by atoms with E-state index >= 15 is 0 Å². The van der Waals surface area contributed by atoms with Crippen molar-refractivity contribution in [2.24, 2.45) is 0 Å². The van der Waals surface area contributed by atoms with Crippen LogP contribution in [0.5, 0.6) is 11.5 Å². The summed E-state index contributed by atoms with van der Waals surface area (Å²) in [5, 5.41) is 2.52. The van der Waals surface area contributed by atoms with Gasteiger partial charge in [0.25, 0.3) is 0 Å². The second-order valence-electron chi connectivity index (χ2n) is 15.0. The van der Waals surface area contributed by atoms with Crippen LogP contribution in [0, 0.1) is 0 Å². The molecule has 0 unspecified atom stereocenters. The Labute approximate surface area is 367 Å². The van der Waals surface area contributed by atoms with E-state index in [2.05, 4.69) is 11.9 Å². The van der Waals surface area contributed by atoms with Crippen molar-refractivity contribution >= 4 is 26.1 Å². The van der Waals surface area contributed by atoms with Gasteiger partial charge in [-0.25, -0.2) is 9.59 Å². The third-order valence-corrected chi connectivity index (χ3v) is 15.8. The van der Waals surface area contributed by atoms with Crippen molar-refractivity contribution < 1.29 is 108 Å². The molecule has 2 aromatic carbocycles. The maximum atomic E-state index is 15.0. The van der Waals surface area contributed by atoms with Crippen LogP contribution in [-0.4, -0.2) is 94.9 Å². The lowest BCUT2D eigenvalue weighted by molar-refractivity contribution is -0.461. The van der Waals surface area contributed by atoms with Crippen LogP contribution in [0.1, 0.15) is 52.2 Å². The maximum Gasteiger partial charge on any atom is 0.460 e. The van der Waals surface area contributed by atoms with Crippen LogP contribution in [0.4, 0.5) is 85.1 Å². The Hall–Kier alpha value is -4.75. The molecule has 0 spiro atoms. The van der Waals surface area contributed by atoms with Gasteiger partial charge in [0.2, 0.25) is 0 Å². The molecule has 2 rings (SSSR count). The lowest BCUT2D eigenvalue weighted by atomic mass is 9.88. The molecule has 0 fully saturated rings. The van der Waals surface area contributed by atoms with E-state index in [-0.39, 0.29) is 18.8 Å². The van der Waals surface area contributed by atoms with E-state index in [1.807, 2.05) is 0 Å². The highest BCUT2D eigenvalue weighted by molar-refractivity contribution is 6.76. The van der Waals surface area contributed by atoms with Gasteiger partial charge >= 0.3 is 59.7 Å². The summed E-state index contributed by atoms with van der Waals surface area (Å²) in [6, 6.07) is 10.5. The number of esters is 1. The van der Waals surface area contributed by atoms with Gasteiger partial charge in [-0.15, -0.1) is 0 Å². The van der Waals surface area contributed by atoms with Crippen molar-refractivity contribution in [3.63, 3.8) is 0 Å². The maximum absolute atomic E-state index is 15.0. The lowest BCUT2D eigenvalue weighted by Gasteiger charge is -2.44. The summed E-state index contributed by atoms with van der Waals surface area (Å²) >= 11 is 0. The molecule has 1 amide bonds. The number of hydrogen-bond acceptors (Lipinski definition) is 7. The fourth-order valence-electron chi connectivity index (χ4n) is 6.21. The normalized spacial score (nSPS) is 14.4. The van der Waals surface area contributed by atoms with Crippen LogP contribution in [0.2, 0.25) is 17.1 Å². The van der Waals surface area contributed by atoms with Gasteiger partial charge in [0.1, 0.15) is 30.8 Å². The first-order valence-electron chi connectivity index (χ1n) is 19.2. The third-order valence-electron chi connectivity index (χ3n) is 10.1. The number of rotatable bonds is 25. The van der Waals surface area contributed by atoms with E-state index in [4.69, 9.17) is 23.4 Å². The monoisotopic (exact) mass is 1000 g/mol. The van der Waals surface area contributed by atoms with Gasteiger partial charge in [0.05, 0.1) is 13.7 Å². The molecule has 66 heavy (non-hydrogen) atoms. The van der Waals surface area contributed by atoms with E-state index in [0.29, 0.717) is 17.0 Å². The highest BCUT2D eigenvalue weighted by Gasteiger charge is 2.95. The van der Waals surface area contributed by atoms with Crippen molar-refractivity contribution in [1.29, 1.82) is 0 Å². The number of alkyl halides is 17. The highest BCUT2D eigenvalue weighted by atomic mass is 28.4. The first-order chi connectivity index (χ1) is 30.0. The average molecular weight is 1000 g/mol. The number of carbonyl (C=O) groups is 2. The summed E-state index contributed by atoms with van der Waals surface area (Å²) < 4.78 is 263. The molecule has 0 aromatic heterocycles. The Morgan fingerprint density at radius 2 is 1.17 bits per heavy atom. The molecule has 2 aromatic rings. The van der Waals surface area contributed by atoms with Crippen molar-refractivity contribution in [2.75, 3.05) is 32.2 Å². The first-order valence-corrected chi connectivity index (χ1v) is 21.5. The number of nitrogens with one attached hydrogen (secondary N) is 1. The molecule has 0 saturated carbocycles. The van der Waals surface area contributed by atoms with Crippen LogP contribution in [0.3, 0.4) is 0 Å². The van der Waals surface area contributed by atoms with Gasteiger partial charge in [-0.05, 0) is 59.1 Å². The van der Waals surface area contributed by atoms with Gasteiger partial charge in [-0.1, -0.05) is 58.6 Å². The zero-order valence-corrected chi connectivity index (χ0v) is 36.3. The van der Waals surface area contributed by atoms with Gasteiger partial charge in [-0.2, -0.15) is 74.6 Å². The standard InChI is InChI=1S/C40H44F17NO7Si/c1-7-20-63-31(59)10-8-9-30(65-32(60)58-27-13-17-28(61-6)18-14-27)26-11-15-29(16-12-26)62-21-22-64-66(24(2)3,25(4)5)23-19-33(41,42)34(43,44)35(45,46)36(47,48)37(49,50)38(51,52)39(53,54)40(55,56)57/h7-8,10-18,24-25,30H,1,9,19-23H2,2-6H3,(H,58,60)/b10-8+/t30-/m0/s1. The van der Waals surface area contributed by atoms with Crippen LogP contribution >= 0.6 is 0 Å². The Balaban J connectivity index is 2.27. The van der Waals surface area contributed by atoms with Crippen molar-refractivity contribution in [2.45, 2.75) is 111 Å². The molecule has 0 aliphatic carbocycles. The number of methoxy groups -OCH3 is 1. The Morgan fingerprint density at radius 3 is 1.64 bits per heavy atom. The number of hydrogen-bond donors (Lipinski definition) is 1. The molecule has 374 valence electrons. The van der Waals surface area contributed by atoms with E-state index in [0.717, 1.165) is 6.08 Å². The third kappa shape index (κ3) is 12.0. The minimum Gasteiger partial charge on any atom is -0.497 e. The molecular formula is C40H44F17NO7Si. The molecule has 0 aliphatic rings. The minimum absolute atomic E-state index is 0.0568. The molecule has 0 radical (unpaired) electrons.